The van der Waals surface area contributed by atoms with Crippen LogP contribution in [0.4, 0.5) is 9.18 Å². The van der Waals surface area contributed by atoms with Crippen LogP contribution in [0.1, 0.15) is 44.6 Å². The van der Waals surface area contributed by atoms with Gasteiger partial charge < -0.3 is 10.4 Å². The number of aliphatic hydroxyl groups is 1. The zero-order valence-electron chi connectivity index (χ0n) is 13.1. The first-order valence-electron chi connectivity index (χ1n) is 7.97. The Morgan fingerprint density at radius 2 is 1.87 bits per heavy atom. The largest absolute Gasteiger partial charge is 0.388 e. The molecule has 2 N–H and O–H groups in total. The molecule has 1 saturated heterocycles. The second-order valence-corrected chi connectivity index (χ2v) is 6.71. The molecule has 1 aliphatic heterocycles. The Morgan fingerprint density at radius 1 is 1.22 bits per heavy atom. The number of hydrogen-bond acceptors (Lipinski definition) is 3. The van der Waals surface area contributed by atoms with Gasteiger partial charge in [0.25, 0.3) is 5.91 Å². The molecule has 1 atom stereocenters. The number of carbonyl (C=O) groups is 2. The quantitative estimate of drug-likeness (QED) is 0.840. The Labute approximate surface area is 134 Å². The number of halogens is 1. The van der Waals surface area contributed by atoms with E-state index >= 15 is 0 Å². The molecule has 3 amide bonds. The fourth-order valence-corrected chi connectivity index (χ4v) is 3.55. The second kappa shape index (κ2) is 5.60. The molecule has 0 spiro atoms. The molecule has 5 nitrogen and oxygen atoms in total. The van der Waals surface area contributed by atoms with Crippen molar-refractivity contribution in [3.8, 4) is 0 Å². The molecule has 0 radical (unpaired) electrons. The number of nitrogens with one attached hydrogen (secondary N) is 1. The first-order chi connectivity index (χ1) is 10.9. The monoisotopic (exact) mass is 320 g/mol. The van der Waals surface area contributed by atoms with Gasteiger partial charge in [0, 0.05) is 5.56 Å². The van der Waals surface area contributed by atoms with Gasteiger partial charge in [-0.1, -0.05) is 37.5 Å². The minimum absolute atomic E-state index is 0.0400. The number of imide groups is 1. The highest BCUT2D eigenvalue weighted by molar-refractivity contribution is 6.07. The lowest BCUT2D eigenvalue weighted by molar-refractivity contribution is -0.134. The van der Waals surface area contributed by atoms with E-state index in [4.69, 9.17) is 0 Å². The lowest BCUT2D eigenvalue weighted by atomic mass is 9.84. The van der Waals surface area contributed by atoms with Gasteiger partial charge in [0.15, 0.2) is 0 Å². The van der Waals surface area contributed by atoms with Gasteiger partial charge in [0.1, 0.15) is 11.4 Å². The minimum Gasteiger partial charge on any atom is -0.388 e. The number of urea groups is 1. The van der Waals surface area contributed by atoms with Crippen molar-refractivity contribution in [2.75, 3.05) is 6.54 Å². The van der Waals surface area contributed by atoms with E-state index in [0.29, 0.717) is 12.8 Å². The molecule has 1 unspecified atom stereocenters. The highest BCUT2D eigenvalue weighted by Crippen LogP contribution is 2.34. The van der Waals surface area contributed by atoms with Crippen molar-refractivity contribution in [2.24, 2.45) is 0 Å². The molecule has 2 fully saturated rings. The molecule has 1 saturated carbocycles. The second-order valence-electron chi connectivity index (χ2n) is 6.71. The molecule has 124 valence electrons. The van der Waals surface area contributed by atoms with E-state index in [0.717, 1.165) is 24.2 Å². The topological polar surface area (TPSA) is 69.6 Å². The number of hydrogen-bond donors (Lipinski definition) is 2. The van der Waals surface area contributed by atoms with Crippen molar-refractivity contribution in [3.05, 3.63) is 35.6 Å². The third-order valence-corrected chi connectivity index (χ3v) is 4.92. The zero-order chi connectivity index (χ0) is 16.7. The molecular formula is C17H21FN2O3. The van der Waals surface area contributed by atoms with Crippen molar-refractivity contribution in [1.82, 2.24) is 10.2 Å². The highest BCUT2D eigenvalue weighted by Gasteiger charge is 2.52. The third-order valence-electron chi connectivity index (χ3n) is 4.92. The van der Waals surface area contributed by atoms with Gasteiger partial charge in [-0.05, 0) is 25.8 Å². The maximum Gasteiger partial charge on any atom is 0.325 e. The van der Waals surface area contributed by atoms with Gasteiger partial charge in [0.2, 0.25) is 0 Å². The van der Waals surface area contributed by atoms with Crippen molar-refractivity contribution in [3.63, 3.8) is 0 Å². The van der Waals surface area contributed by atoms with Gasteiger partial charge in [-0.2, -0.15) is 0 Å². The molecule has 6 heteroatoms. The Hall–Kier alpha value is -1.95. The number of rotatable bonds is 3. The molecule has 1 heterocycles. The minimum atomic E-state index is -1.44. The van der Waals surface area contributed by atoms with Gasteiger partial charge in [-0.3, -0.25) is 9.69 Å². The first kappa shape index (κ1) is 15.9. The summed E-state index contributed by atoms with van der Waals surface area (Å²) in [6.45, 7) is 1.46. The normalized spacial score (nSPS) is 27.2. The van der Waals surface area contributed by atoms with Crippen molar-refractivity contribution in [2.45, 2.75) is 50.2 Å². The Bertz CT molecular complexity index is 642. The Morgan fingerprint density at radius 3 is 2.52 bits per heavy atom. The highest BCUT2D eigenvalue weighted by atomic mass is 19.1. The van der Waals surface area contributed by atoms with E-state index < -0.39 is 28.9 Å². The number of carbonyl (C=O) groups excluding carboxylic acids is 2. The third kappa shape index (κ3) is 2.72. The van der Waals surface area contributed by atoms with Crippen LogP contribution >= 0.6 is 0 Å². The molecule has 0 aromatic heterocycles. The van der Waals surface area contributed by atoms with Crippen LogP contribution in [0.5, 0.6) is 0 Å². The molecule has 23 heavy (non-hydrogen) atoms. The molecule has 3 rings (SSSR count). The zero-order valence-corrected chi connectivity index (χ0v) is 13.1. The molecule has 1 aliphatic carbocycles. The van der Waals surface area contributed by atoms with Gasteiger partial charge in [-0.25, -0.2) is 9.18 Å². The van der Waals surface area contributed by atoms with Crippen molar-refractivity contribution in [1.29, 1.82) is 0 Å². The summed E-state index contributed by atoms with van der Waals surface area (Å²) in [4.78, 5) is 26.1. The Kier molecular flexibility index (Phi) is 3.88. The molecule has 0 bridgehead atoms. The number of β-amino-alcohol motifs (C(OH)–C–C–N with tert-alkyl or cyclic N) is 1. The van der Waals surface area contributed by atoms with Crippen LogP contribution in [-0.2, 0) is 10.3 Å². The number of nitrogens with zero attached hydrogens (tertiary/aromatic N) is 1. The van der Waals surface area contributed by atoms with E-state index in [1.807, 2.05) is 0 Å². The lowest BCUT2D eigenvalue weighted by Gasteiger charge is -2.34. The average molecular weight is 320 g/mol. The van der Waals surface area contributed by atoms with Crippen LogP contribution in [0, 0.1) is 5.82 Å². The molecule has 2 aliphatic rings. The first-order valence-corrected chi connectivity index (χ1v) is 7.97. The van der Waals surface area contributed by atoms with E-state index in [1.54, 1.807) is 6.07 Å². The smallest absolute Gasteiger partial charge is 0.325 e. The van der Waals surface area contributed by atoms with Crippen LogP contribution in [0.25, 0.3) is 0 Å². The summed E-state index contributed by atoms with van der Waals surface area (Å²) in [5, 5.41) is 13.2. The van der Waals surface area contributed by atoms with Crippen LogP contribution < -0.4 is 5.32 Å². The van der Waals surface area contributed by atoms with Crippen LogP contribution in [0.2, 0.25) is 0 Å². The van der Waals surface area contributed by atoms with Crippen LogP contribution in [0.3, 0.4) is 0 Å². The number of benzene rings is 1. The SMILES string of the molecule is CC1(c2ccccc2F)NC(=O)N(CC2(O)CCCCC2)C1=O. The lowest BCUT2D eigenvalue weighted by Crippen LogP contribution is -2.48. The van der Waals surface area contributed by atoms with Crippen molar-refractivity contribution < 1.29 is 19.1 Å². The summed E-state index contributed by atoms with van der Waals surface area (Å²) in [5.74, 6) is -1.06. The predicted octanol–water partition coefficient (Wildman–Crippen LogP) is 2.29. The summed E-state index contributed by atoms with van der Waals surface area (Å²) >= 11 is 0. The predicted molar refractivity (Wildman–Crippen MR) is 82.0 cm³/mol. The van der Waals surface area contributed by atoms with Gasteiger partial charge in [-0.15, -0.1) is 0 Å². The van der Waals surface area contributed by atoms with E-state index in [1.165, 1.54) is 25.1 Å². The summed E-state index contributed by atoms with van der Waals surface area (Å²) in [6.07, 6.45) is 3.95. The van der Waals surface area contributed by atoms with Gasteiger partial charge >= 0.3 is 6.03 Å². The summed E-state index contributed by atoms with van der Waals surface area (Å²) in [7, 11) is 0. The van der Waals surface area contributed by atoms with E-state index in [-0.39, 0.29) is 12.1 Å². The van der Waals surface area contributed by atoms with Crippen LogP contribution in [-0.4, -0.2) is 34.1 Å². The summed E-state index contributed by atoms with van der Waals surface area (Å²) < 4.78 is 14.1. The van der Waals surface area contributed by atoms with E-state index in [9.17, 15) is 19.1 Å². The standard InChI is InChI=1S/C17H21FN2O3/c1-16(12-7-3-4-8-13(12)18)14(21)20(15(22)19-16)11-17(23)9-5-2-6-10-17/h3-4,7-8,23H,2,5-6,9-11H2,1H3,(H,19,22). The molecular weight excluding hydrogens is 299 g/mol. The summed E-state index contributed by atoms with van der Waals surface area (Å²) in [5.41, 5.74) is -2.34. The molecule has 1 aromatic carbocycles. The number of amides is 3. The van der Waals surface area contributed by atoms with Gasteiger partial charge in [0.05, 0.1) is 12.1 Å². The maximum absolute atomic E-state index is 14.1. The Balaban J connectivity index is 1.86. The average Bonchev–Trinajstić information content (AvgIpc) is 2.72. The van der Waals surface area contributed by atoms with Crippen molar-refractivity contribution >= 4 is 11.9 Å². The molecule has 1 aromatic rings. The summed E-state index contributed by atoms with van der Waals surface area (Å²) in [6, 6.07) is 5.33. The maximum atomic E-state index is 14.1. The van der Waals surface area contributed by atoms with E-state index in [2.05, 4.69) is 5.32 Å². The fraction of sp³-hybridized carbons (Fsp3) is 0.529. The van der Waals surface area contributed by atoms with Crippen LogP contribution in [0.15, 0.2) is 24.3 Å². The fourth-order valence-electron chi connectivity index (χ4n) is 3.55.